The molecule has 7 rings (SSSR count). The Labute approximate surface area is 296 Å². The molecule has 235 valence electrons. The largest absolute Gasteiger partial charge is 0 e. The third kappa shape index (κ3) is 7.37. The van der Waals surface area contributed by atoms with Crippen molar-refractivity contribution in [3.8, 4) is 22.5 Å². The summed E-state index contributed by atoms with van der Waals surface area (Å²) < 4.78 is 20.6. The minimum absolute atomic E-state index is 0. The fourth-order valence-electron chi connectivity index (χ4n) is 5.41. The topological polar surface area (TPSA) is 25.8 Å². The van der Waals surface area contributed by atoms with Gasteiger partial charge in [-0.2, -0.15) is 11.3 Å². The first kappa shape index (κ1) is 31.5. The monoisotopic (exact) mass is 861 g/mol. The molecule has 3 aromatic heterocycles. The number of benzene rings is 4. The van der Waals surface area contributed by atoms with Gasteiger partial charge in [0.25, 0.3) is 0 Å². The van der Waals surface area contributed by atoms with E-state index in [2.05, 4.69) is 87.9 Å². The maximum Gasteiger partial charge on any atom is 0 e. The van der Waals surface area contributed by atoms with Crippen molar-refractivity contribution < 1.29 is 22.8 Å². The fourth-order valence-corrected chi connectivity index (χ4v) is 8.82. The van der Waals surface area contributed by atoms with E-state index in [-0.39, 0.29) is 20.1 Å². The molecule has 0 unspecified atom stereocenters. The third-order valence-electron chi connectivity index (χ3n) is 8.18. The Morgan fingerprint density at radius 3 is 2.17 bits per heavy atom. The van der Waals surface area contributed by atoms with Crippen LogP contribution in [0, 0.1) is 12.1 Å². The molecule has 0 fully saturated rings. The van der Waals surface area contributed by atoms with Gasteiger partial charge in [0.15, 0.2) is 0 Å². The summed E-state index contributed by atoms with van der Waals surface area (Å²) >= 11 is 0.0438. The SMILES string of the molecule is [2H]C(C)(C)c1ccnc(-c2[c-]ccc3c2sc2cc4cc(C([2H])(C)C)ccc4cc23)c1.[CH3][Ge]([CH3])([CH3])[c]1ccc(-c2[c-]cccc2)nc1.[Ir]. The molecule has 0 bridgehead atoms. The van der Waals surface area contributed by atoms with Gasteiger partial charge in [-0.1, -0.05) is 62.9 Å². The molecule has 46 heavy (non-hydrogen) atoms. The fraction of sp³-hybridized carbons (Fsp3) is 0.220. The van der Waals surface area contributed by atoms with E-state index in [1.54, 1.807) is 17.5 Å². The van der Waals surface area contributed by atoms with Crippen molar-refractivity contribution in [2.45, 2.75) is 56.8 Å². The van der Waals surface area contributed by atoms with E-state index in [1.807, 2.05) is 76.4 Å². The van der Waals surface area contributed by atoms with E-state index in [0.717, 1.165) is 33.6 Å². The molecule has 2 nitrogen and oxygen atoms in total. The molecule has 5 heteroatoms. The molecule has 0 aliphatic heterocycles. The molecule has 0 N–H and O–H groups in total. The molecular weight excluding hydrogens is 817 g/mol. The number of nitrogens with zero attached hydrogens (tertiary/aromatic N) is 2. The summed E-state index contributed by atoms with van der Waals surface area (Å²) in [4.78, 5) is 9.14. The van der Waals surface area contributed by atoms with Crippen LogP contribution in [0.2, 0.25) is 17.3 Å². The van der Waals surface area contributed by atoms with Gasteiger partial charge in [0.2, 0.25) is 0 Å². The average molecular weight is 860 g/mol. The van der Waals surface area contributed by atoms with Crippen molar-refractivity contribution in [2.24, 2.45) is 0 Å². The van der Waals surface area contributed by atoms with Crippen LogP contribution in [0.15, 0.2) is 103 Å². The molecule has 0 spiro atoms. The Kier molecular flexibility index (Phi) is 9.79. The number of aromatic nitrogens is 2. The molecule has 7 aromatic rings. The zero-order valence-electron chi connectivity index (χ0n) is 29.5. The molecule has 3 heterocycles. The Hall–Kier alpha value is -3.15. The standard InChI is InChI=1S/C27H24NS.C14H16GeN.Ir/c1-16(2)18-8-9-20-13-24-22-6-5-7-23(25-14-19(17(3)4)10-11-28-25)27(22)29-26(24)15-21(20)12-18;1-15(2,3)13-9-10-14(16-11-13)12-7-5-4-6-8-12;/h5-6,8-17H,1-4H3;4-7,9-11H,1-3H3;/q2*-1;/i16D,17D;;. The molecule has 4 aromatic carbocycles. The van der Waals surface area contributed by atoms with E-state index in [1.165, 1.54) is 35.3 Å². The molecule has 0 atom stereocenters. The van der Waals surface area contributed by atoms with Crippen molar-refractivity contribution in [3.05, 3.63) is 127 Å². The van der Waals surface area contributed by atoms with Gasteiger partial charge in [-0.15, -0.1) is 23.8 Å². The minimum Gasteiger partial charge on any atom is 0 e. The maximum atomic E-state index is 8.38. The van der Waals surface area contributed by atoms with Gasteiger partial charge in [-0.3, -0.25) is 0 Å². The molecule has 1 radical (unpaired) electrons. The van der Waals surface area contributed by atoms with Crippen LogP contribution in [0.25, 0.3) is 53.5 Å². The van der Waals surface area contributed by atoms with Crippen LogP contribution in [0.5, 0.6) is 0 Å². The van der Waals surface area contributed by atoms with Crippen molar-refractivity contribution >= 4 is 59.9 Å². The van der Waals surface area contributed by atoms with Crippen LogP contribution in [-0.2, 0) is 20.1 Å². The number of pyridine rings is 2. The number of hydrogen-bond donors (Lipinski definition) is 0. The smallest absolute Gasteiger partial charge is 0 e. The third-order valence-corrected chi connectivity index (χ3v) is 13.6. The van der Waals surface area contributed by atoms with Crippen molar-refractivity contribution in [3.63, 3.8) is 0 Å². The second-order valence-electron chi connectivity index (χ2n) is 13.0. The maximum absolute atomic E-state index is 8.38. The van der Waals surface area contributed by atoms with Gasteiger partial charge in [0.05, 0.1) is 0 Å². The summed E-state index contributed by atoms with van der Waals surface area (Å²) in [6, 6.07) is 37.7. The summed E-state index contributed by atoms with van der Waals surface area (Å²) in [5, 5.41) is 4.79. The predicted octanol–water partition coefficient (Wildman–Crippen LogP) is 11.4. The number of fused-ring (bicyclic) bond motifs is 4. The quantitative estimate of drug-likeness (QED) is 0.127. The van der Waals surface area contributed by atoms with Crippen LogP contribution >= 0.6 is 11.3 Å². The molecular formula is C41H40GeIrN2S-2. The van der Waals surface area contributed by atoms with Gasteiger partial charge in [-0.05, 0) is 62.1 Å². The van der Waals surface area contributed by atoms with E-state index in [4.69, 9.17) is 2.74 Å². The van der Waals surface area contributed by atoms with Crippen LogP contribution in [0.3, 0.4) is 0 Å². The second-order valence-corrected chi connectivity index (χ2v) is 24.7. The summed E-state index contributed by atoms with van der Waals surface area (Å²) in [7, 11) is 0. The number of rotatable bonds is 5. The van der Waals surface area contributed by atoms with Crippen LogP contribution in [-0.4, -0.2) is 23.2 Å². The van der Waals surface area contributed by atoms with E-state index < -0.39 is 25.1 Å². The van der Waals surface area contributed by atoms with Crippen LogP contribution < -0.4 is 4.40 Å². The summed E-state index contributed by atoms with van der Waals surface area (Å²) in [5.41, 5.74) is 5.89. The summed E-state index contributed by atoms with van der Waals surface area (Å²) in [6.45, 7) is 7.64. The van der Waals surface area contributed by atoms with Gasteiger partial charge >= 0.3 is 99.8 Å². The van der Waals surface area contributed by atoms with Crippen LogP contribution in [0.4, 0.5) is 0 Å². The minimum atomic E-state index is -1.72. The molecule has 0 aliphatic rings. The average Bonchev–Trinajstić information content (AvgIpc) is 3.40. The van der Waals surface area contributed by atoms with E-state index in [9.17, 15) is 0 Å². The summed E-state index contributed by atoms with van der Waals surface area (Å²) in [5.74, 6) is 5.85. The first-order chi connectivity index (χ1) is 22.2. The Morgan fingerprint density at radius 2 is 1.50 bits per heavy atom. The molecule has 0 aliphatic carbocycles. The van der Waals surface area contributed by atoms with E-state index in [0.29, 0.717) is 0 Å². The van der Waals surface area contributed by atoms with Crippen molar-refractivity contribution in [1.29, 1.82) is 0 Å². The molecule has 0 saturated heterocycles. The van der Waals surface area contributed by atoms with Gasteiger partial charge in [-0.25, -0.2) is 0 Å². The molecule has 0 saturated carbocycles. The van der Waals surface area contributed by atoms with Gasteiger partial charge in [0, 0.05) is 33.7 Å². The van der Waals surface area contributed by atoms with Crippen LogP contribution in [0.1, 0.15) is 53.4 Å². The van der Waals surface area contributed by atoms with E-state index >= 15 is 0 Å². The van der Waals surface area contributed by atoms with Crippen molar-refractivity contribution in [2.75, 3.05) is 0 Å². The van der Waals surface area contributed by atoms with Gasteiger partial charge in [0.1, 0.15) is 0 Å². The zero-order chi connectivity index (χ0) is 33.6. The normalized spacial score (nSPS) is 12.7. The zero-order valence-corrected chi connectivity index (χ0v) is 32.8. The number of hydrogen-bond acceptors (Lipinski definition) is 3. The molecule has 0 amide bonds. The van der Waals surface area contributed by atoms with Crippen molar-refractivity contribution in [1.82, 2.24) is 9.97 Å². The first-order valence-corrected chi connectivity index (χ1v) is 23.6. The first-order valence-electron chi connectivity index (χ1n) is 16.4. The second kappa shape index (κ2) is 14.3. The Morgan fingerprint density at radius 1 is 0.717 bits per heavy atom. The Balaban J connectivity index is 0.000000224. The Bertz CT molecular complexity index is 2190. The predicted molar refractivity (Wildman–Crippen MR) is 199 cm³/mol. The number of thiophene rings is 1. The van der Waals surface area contributed by atoms with Gasteiger partial charge < -0.3 is 4.98 Å². The summed E-state index contributed by atoms with van der Waals surface area (Å²) in [6.07, 6.45) is 3.83.